The fourth-order valence-electron chi connectivity index (χ4n) is 3.33. The first-order valence-electron chi connectivity index (χ1n) is 11.2. The molecule has 0 heterocycles. The number of aliphatic hydroxyl groups excluding tert-OH is 2. The zero-order valence-corrected chi connectivity index (χ0v) is 18.5. The average molecular weight is 432 g/mol. The second kappa shape index (κ2) is 14.9. The Labute approximate surface area is 185 Å². The van der Waals surface area contributed by atoms with Crippen LogP contribution in [0.15, 0.2) is 48.5 Å². The minimum absolute atomic E-state index is 0.0737. The molecule has 31 heavy (non-hydrogen) atoms. The van der Waals surface area contributed by atoms with Crippen molar-refractivity contribution in [1.29, 1.82) is 0 Å². The average Bonchev–Trinajstić information content (AvgIpc) is 2.79. The molecule has 0 aromatic heterocycles. The van der Waals surface area contributed by atoms with Gasteiger partial charge in [-0.25, -0.2) is 0 Å². The van der Waals surface area contributed by atoms with E-state index in [2.05, 4.69) is 17.4 Å². The molecule has 2 rings (SSSR count). The molecule has 6 nitrogen and oxygen atoms in total. The molecule has 0 spiro atoms. The van der Waals surface area contributed by atoms with E-state index >= 15 is 0 Å². The number of hydrogen-bond acceptors (Lipinski definition) is 6. The van der Waals surface area contributed by atoms with Crippen LogP contribution < -0.4 is 5.32 Å². The maximum absolute atomic E-state index is 10.1. The number of ether oxygens (including phenoxy) is 2. The van der Waals surface area contributed by atoms with E-state index in [0.29, 0.717) is 38.3 Å². The molecule has 0 fully saturated rings. The third-order valence-corrected chi connectivity index (χ3v) is 5.24. The van der Waals surface area contributed by atoms with Gasteiger partial charge >= 0.3 is 0 Å². The largest absolute Gasteiger partial charge is 0.508 e. The fraction of sp³-hybridized carbons (Fsp3) is 0.520. The van der Waals surface area contributed by atoms with E-state index in [1.165, 1.54) is 5.56 Å². The maximum Gasteiger partial charge on any atom is 0.121 e. The van der Waals surface area contributed by atoms with Crippen LogP contribution >= 0.6 is 0 Å². The summed E-state index contributed by atoms with van der Waals surface area (Å²) in [5.74, 6) is 0.109. The predicted molar refractivity (Wildman–Crippen MR) is 122 cm³/mol. The van der Waals surface area contributed by atoms with Crippen molar-refractivity contribution in [3.63, 3.8) is 0 Å². The molecule has 0 radical (unpaired) electrons. The van der Waals surface area contributed by atoms with Crippen molar-refractivity contribution in [1.82, 2.24) is 5.32 Å². The Bertz CT molecular complexity index is 725. The van der Waals surface area contributed by atoms with Gasteiger partial charge in [0.05, 0.1) is 25.9 Å². The molecule has 2 aromatic rings. The number of hydrogen-bond donors (Lipinski definition) is 4. The Morgan fingerprint density at radius 1 is 0.968 bits per heavy atom. The second-order valence-corrected chi connectivity index (χ2v) is 7.73. The molecule has 2 aromatic carbocycles. The molecular weight excluding hydrogens is 394 g/mol. The number of aliphatic hydroxyl groups is 2. The van der Waals surface area contributed by atoms with Gasteiger partial charge in [0.25, 0.3) is 0 Å². The van der Waals surface area contributed by atoms with Gasteiger partial charge in [0.15, 0.2) is 0 Å². The first-order valence-corrected chi connectivity index (χ1v) is 11.2. The molecule has 0 aliphatic carbocycles. The molecular formula is C25H37NO5. The van der Waals surface area contributed by atoms with Gasteiger partial charge in [-0.15, -0.1) is 0 Å². The summed E-state index contributed by atoms with van der Waals surface area (Å²) in [6.45, 7) is 4.39. The van der Waals surface area contributed by atoms with Crippen LogP contribution in [0, 0.1) is 0 Å². The smallest absolute Gasteiger partial charge is 0.121 e. The summed E-state index contributed by atoms with van der Waals surface area (Å²) < 4.78 is 11.4. The normalized spacial score (nSPS) is 13.3. The van der Waals surface area contributed by atoms with E-state index in [4.69, 9.17) is 9.47 Å². The Kier molecular flexibility index (Phi) is 12.2. The van der Waals surface area contributed by atoms with Crippen LogP contribution in [0.1, 0.15) is 55.4 Å². The van der Waals surface area contributed by atoms with Crippen molar-refractivity contribution < 1.29 is 24.8 Å². The lowest BCUT2D eigenvalue weighted by molar-refractivity contribution is 0.0105. The summed E-state index contributed by atoms with van der Waals surface area (Å²) in [4.78, 5) is 0. The SMILES string of the molecule is C[C@@H](OCCOCCCCC[C@@H](O)NCCc1ccc(O)c(CO)c1)c1ccccc1. The van der Waals surface area contributed by atoms with Gasteiger partial charge in [-0.3, -0.25) is 5.32 Å². The van der Waals surface area contributed by atoms with Crippen molar-refractivity contribution >= 4 is 0 Å². The van der Waals surface area contributed by atoms with Gasteiger partial charge in [-0.05, 0) is 55.9 Å². The summed E-state index contributed by atoms with van der Waals surface area (Å²) in [5, 5.41) is 31.9. The van der Waals surface area contributed by atoms with Gasteiger partial charge in [-0.2, -0.15) is 0 Å². The first-order chi connectivity index (χ1) is 15.1. The van der Waals surface area contributed by atoms with Gasteiger partial charge in [0, 0.05) is 18.7 Å². The third-order valence-electron chi connectivity index (χ3n) is 5.24. The summed E-state index contributed by atoms with van der Waals surface area (Å²) in [5.41, 5.74) is 2.71. The minimum Gasteiger partial charge on any atom is -0.508 e. The predicted octanol–water partition coefficient (Wildman–Crippen LogP) is 3.69. The lowest BCUT2D eigenvalue weighted by Gasteiger charge is -2.14. The van der Waals surface area contributed by atoms with Crippen LogP contribution in [0.4, 0.5) is 0 Å². The Morgan fingerprint density at radius 2 is 1.77 bits per heavy atom. The molecule has 0 saturated heterocycles. The number of benzene rings is 2. The minimum atomic E-state index is -0.525. The monoisotopic (exact) mass is 431 g/mol. The summed E-state index contributed by atoms with van der Waals surface area (Å²) in [6, 6.07) is 15.4. The van der Waals surface area contributed by atoms with E-state index in [9.17, 15) is 15.3 Å². The van der Waals surface area contributed by atoms with Crippen LogP contribution in [0.2, 0.25) is 0 Å². The number of unbranched alkanes of at least 4 members (excludes halogenated alkanes) is 2. The molecule has 0 aliphatic rings. The van der Waals surface area contributed by atoms with Crippen molar-refractivity contribution in [3.05, 3.63) is 65.2 Å². The molecule has 0 amide bonds. The van der Waals surface area contributed by atoms with Gasteiger partial charge in [-0.1, -0.05) is 42.8 Å². The highest BCUT2D eigenvalue weighted by Crippen LogP contribution is 2.18. The highest BCUT2D eigenvalue weighted by Gasteiger charge is 2.06. The molecule has 6 heteroatoms. The van der Waals surface area contributed by atoms with E-state index in [0.717, 1.165) is 31.2 Å². The standard InChI is InChI=1S/C25H37NO5/c1-20(22-8-4-2-5-9-22)31-17-16-30-15-7-3-6-10-25(29)26-14-13-21-11-12-24(28)23(18-21)19-27/h2,4-5,8-9,11-12,18,20,25-29H,3,6-7,10,13-17,19H2,1H3/t20-,25-/m1/s1. The van der Waals surface area contributed by atoms with Crippen molar-refractivity contribution in [2.24, 2.45) is 0 Å². The van der Waals surface area contributed by atoms with Crippen LogP contribution in [-0.2, 0) is 22.5 Å². The zero-order valence-electron chi connectivity index (χ0n) is 18.5. The van der Waals surface area contributed by atoms with Gasteiger partial charge < -0.3 is 24.8 Å². The van der Waals surface area contributed by atoms with Crippen molar-refractivity contribution in [3.8, 4) is 5.75 Å². The van der Waals surface area contributed by atoms with E-state index < -0.39 is 6.23 Å². The van der Waals surface area contributed by atoms with E-state index in [1.54, 1.807) is 12.1 Å². The van der Waals surface area contributed by atoms with Crippen LogP contribution in [-0.4, -0.2) is 47.9 Å². The van der Waals surface area contributed by atoms with Gasteiger partial charge in [0.1, 0.15) is 12.0 Å². The third kappa shape index (κ3) is 10.3. The molecule has 0 bridgehead atoms. The Morgan fingerprint density at radius 3 is 2.55 bits per heavy atom. The summed E-state index contributed by atoms with van der Waals surface area (Å²) in [7, 11) is 0. The topological polar surface area (TPSA) is 91.2 Å². The highest BCUT2D eigenvalue weighted by molar-refractivity contribution is 5.35. The fourth-order valence-corrected chi connectivity index (χ4v) is 3.33. The molecule has 0 aliphatic heterocycles. The maximum atomic E-state index is 10.1. The number of rotatable bonds is 16. The lowest BCUT2D eigenvalue weighted by atomic mass is 10.1. The molecule has 2 atom stereocenters. The number of nitrogens with one attached hydrogen (secondary N) is 1. The molecule has 172 valence electrons. The molecule has 0 unspecified atom stereocenters. The Hall–Kier alpha value is -1.96. The van der Waals surface area contributed by atoms with Crippen LogP contribution in [0.5, 0.6) is 5.75 Å². The number of phenols is 1. The van der Waals surface area contributed by atoms with E-state index in [1.807, 2.05) is 31.2 Å². The van der Waals surface area contributed by atoms with Gasteiger partial charge in [0.2, 0.25) is 0 Å². The van der Waals surface area contributed by atoms with Crippen LogP contribution in [0.25, 0.3) is 0 Å². The van der Waals surface area contributed by atoms with E-state index in [-0.39, 0.29) is 18.5 Å². The number of aromatic hydroxyl groups is 1. The lowest BCUT2D eigenvalue weighted by Crippen LogP contribution is -2.30. The summed E-state index contributed by atoms with van der Waals surface area (Å²) >= 11 is 0. The second-order valence-electron chi connectivity index (χ2n) is 7.73. The summed E-state index contributed by atoms with van der Waals surface area (Å²) in [6.07, 6.45) is 3.90. The van der Waals surface area contributed by atoms with Crippen molar-refractivity contribution in [2.75, 3.05) is 26.4 Å². The quantitative estimate of drug-likeness (QED) is 0.239. The van der Waals surface area contributed by atoms with Crippen molar-refractivity contribution in [2.45, 2.75) is 58.0 Å². The zero-order chi connectivity index (χ0) is 22.3. The molecule has 0 saturated carbocycles. The Balaban J connectivity index is 1.42. The molecule has 4 N–H and O–H groups in total. The highest BCUT2D eigenvalue weighted by atomic mass is 16.5. The van der Waals surface area contributed by atoms with Crippen LogP contribution in [0.3, 0.4) is 0 Å². The first kappa shape index (κ1) is 25.3.